The van der Waals surface area contributed by atoms with E-state index in [1.54, 1.807) is 36.4 Å². The number of ether oxygens (including phenoxy) is 1. The minimum Gasteiger partial charge on any atom is -0.493 e. The monoisotopic (exact) mass is 420 g/mol. The van der Waals surface area contributed by atoms with Crippen LogP contribution in [0.4, 0.5) is 5.69 Å². The number of anilines is 1. The Labute approximate surface area is 179 Å². The predicted octanol–water partition coefficient (Wildman–Crippen LogP) is 5.81. The normalized spacial score (nSPS) is 12.1. The topological polar surface area (TPSA) is 55.4 Å². The fraction of sp³-hybridized carbons (Fsp3) is 0.200. The van der Waals surface area contributed by atoms with Gasteiger partial charge in [0.2, 0.25) is 0 Å². The predicted molar refractivity (Wildman–Crippen MR) is 121 cm³/mol. The Morgan fingerprint density at radius 2 is 1.90 bits per heavy atom. The van der Waals surface area contributed by atoms with Crippen LogP contribution in [0.2, 0.25) is 0 Å². The lowest BCUT2D eigenvalue weighted by Crippen LogP contribution is -2.14. The zero-order chi connectivity index (χ0) is 21.2. The molecule has 0 aliphatic rings. The van der Waals surface area contributed by atoms with Crippen molar-refractivity contribution < 1.29 is 13.2 Å². The molecule has 1 unspecified atom stereocenters. The van der Waals surface area contributed by atoms with Crippen LogP contribution in [0.1, 0.15) is 30.7 Å². The molecule has 0 fully saturated rings. The highest BCUT2D eigenvalue weighted by Crippen LogP contribution is 2.27. The summed E-state index contributed by atoms with van der Waals surface area (Å²) in [5, 5.41) is 0. The van der Waals surface area contributed by atoms with Gasteiger partial charge in [0, 0.05) is 11.6 Å². The van der Waals surface area contributed by atoms with Crippen LogP contribution < -0.4 is 9.46 Å². The van der Waals surface area contributed by atoms with Crippen molar-refractivity contribution in [3.8, 4) is 5.75 Å². The second-order valence-electron chi connectivity index (χ2n) is 7.01. The summed E-state index contributed by atoms with van der Waals surface area (Å²) >= 11 is 0. The summed E-state index contributed by atoms with van der Waals surface area (Å²) < 4.78 is 34.0. The van der Waals surface area contributed by atoms with Crippen molar-refractivity contribution in [1.29, 1.82) is 0 Å². The number of nitrogens with one attached hydrogen (secondary N) is 1. The van der Waals surface area contributed by atoms with E-state index in [1.165, 1.54) is 0 Å². The standard InChI is InChI=1S/C25H26NO3S/c1-2-3-6-12-22(20-29-24-15-7-4-8-16-24)21-13-11-14-23(19-21)26-30(27,28)25-17-9-5-10-18-25/h2,4-5,7,9-11,13-19,22,26H,1,3,6,12,20H2. The maximum absolute atomic E-state index is 12.7. The van der Waals surface area contributed by atoms with Crippen LogP contribution in [-0.4, -0.2) is 15.0 Å². The van der Waals surface area contributed by atoms with Crippen LogP contribution in [0, 0.1) is 6.07 Å². The van der Waals surface area contributed by atoms with E-state index in [1.807, 2.05) is 48.5 Å². The molecular formula is C25H26NO3S. The van der Waals surface area contributed by atoms with Crippen LogP contribution in [-0.2, 0) is 10.0 Å². The van der Waals surface area contributed by atoms with Crippen LogP contribution in [0.25, 0.3) is 0 Å². The van der Waals surface area contributed by atoms with Gasteiger partial charge in [-0.25, -0.2) is 8.42 Å². The summed E-state index contributed by atoms with van der Waals surface area (Å²) in [5.41, 5.74) is 1.57. The molecule has 0 aliphatic carbocycles. The second kappa shape index (κ2) is 10.6. The second-order valence-corrected chi connectivity index (χ2v) is 8.69. The van der Waals surface area contributed by atoms with Gasteiger partial charge in [-0.2, -0.15) is 0 Å². The number of benzene rings is 3. The fourth-order valence-electron chi connectivity index (χ4n) is 3.19. The number of hydrogen-bond donors (Lipinski definition) is 1. The van der Waals surface area contributed by atoms with Gasteiger partial charge in [-0.3, -0.25) is 4.72 Å². The number of rotatable bonds is 11. The lowest BCUT2D eigenvalue weighted by molar-refractivity contribution is 0.279. The Bertz CT molecular complexity index is 1030. The first-order valence-electron chi connectivity index (χ1n) is 9.96. The summed E-state index contributed by atoms with van der Waals surface area (Å²) in [7, 11) is -3.63. The first kappa shape index (κ1) is 21.7. The molecule has 4 nitrogen and oxygen atoms in total. The minimum absolute atomic E-state index is 0.131. The zero-order valence-electron chi connectivity index (χ0n) is 16.8. The number of sulfonamides is 1. The summed E-state index contributed by atoms with van der Waals surface area (Å²) in [6, 6.07) is 26.3. The molecule has 1 radical (unpaired) electrons. The van der Waals surface area contributed by atoms with Crippen molar-refractivity contribution in [2.75, 3.05) is 11.3 Å². The number of allylic oxidation sites excluding steroid dienone is 1. The Morgan fingerprint density at radius 1 is 1.07 bits per heavy atom. The highest BCUT2D eigenvalue weighted by atomic mass is 32.2. The summed E-state index contributed by atoms with van der Waals surface area (Å²) in [4.78, 5) is 0.238. The van der Waals surface area contributed by atoms with Gasteiger partial charge in [0.25, 0.3) is 10.0 Å². The lowest BCUT2D eigenvalue weighted by Gasteiger charge is -2.19. The molecular weight excluding hydrogens is 394 g/mol. The summed E-state index contributed by atoms with van der Waals surface area (Å²) in [6.45, 7) is 4.30. The van der Waals surface area contributed by atoms with E-state index in [9.17, 15) is 8.42 Å². The van der Waals surface area contributed by atoms with Gasteiger partial charge in [-0.05, 0) is 67.3 Å². The molecule has 3 aromatic carbocycles. The van der Waals surface area contributed by atoms with Crippen LogP contribution in [0.3, 0.4) is 0 Å². The molecule has 5 heteroatoms. The maximum Gasteiger partial charge on any atom is 0.261 e. The van der Waals surface area contributed by atoms with Crippen molar-refractivity contribution in [3.05, 3.63) is 103 Å². The fourth-order valence-corrected chi connectivity index (χ4v) is 4.26. The van der Waals surface area contributed by atoms with E-state index in [2.05, 4.69) is 17.4 Å². The number of unbranched alkanes of at least 4 members (excludes halogenated alkanes) is 1. The Morgan fingerprint density at radius 3 is 2.63 bits per heavy atom. The molecule has 3 aromatic rings. The van der Waals surface area contributed by atoms with Crippen molar-refractivity contribution in [1.82, 2.24) is 0 Å². The van der Waals surface area contributed by atoms with Gasteiger partial charge in [-0.1, -0.05) is 48.5 Å². The van der Waals surface area contributed by atoms with E-state index in [0.29, 0.717) is 12.3 Å². The molecule has 0 aromatic heterocycles. The van der Waals surface area contributed by atoms with Crippen molar-refractivity contribution >= 4 is 15.7 Å². The third-order valence-electron chi connectivity index (χ3n) is 4.75. The molecule has 0 amide bonds. The molecule has 3 rings (SSSR count). The summed E-state index contributed by atoms with van der Waals surface area (Å²) in [5.74, 6) is 0.901. The molecule has 155 valence electrons. The van der Waals surface area contributed by atoms with Gasteiger partial charge in [0.05, 0.1) is 11.5 Å². The van der Waals surface area contributed by atoms with Gasteiger partial charge < -0.3 is 4.74 Å². The van der Waals surface area contributed by atoms with E-state index in [0.717, 1.165) is 30.6 Å². The van der Waals surface area contributed by atoms with Gasteiger partial charge in [-0.15, -0.1) is 6.58 Å². The largest absolute Gasteiger partial charge is 0.493 e. The summed E-state index contributed by atoms with van der Waals surface area (Å²) in [6.07, 6.45) is 4.74. The van der Waals surface area contributed by atoms with Gasteiger partial charge in [0.15, 0.2) is 0 Å². The van der Waals surface area contributed by atoms with Crippen molar-refractivity contribution in [2.45, 2.75) is 30.1 Å². The SMILES string of the molecule is C=CCCCC(COc1c[c]ccc1)c1cccc(NS(=O)(=O)c2ccccc2)c1. The first-order chi connectivity index (χ1) is 14.6. The molecule has 0 spiro atoms. The molecule has 0 saturated carbocycles. The van der Waals surface area contributed by atoms with Crippen LogP contribution >= 0.6 is 0 Å². The average molecular weight is 421 g/mol. The molecule has 30 heavy (non-hydrogen) atoms. The molecule has 0 aliphatic heterocycles. The molecule has 0 saturated heterocycles. The molecule has 1 N–H and O–H groups in total. The Kier molecular flexibility index (Phi) is 7.69. The smallest absolute Gasteiger partial charge is 0.261 e. The zero-order valence-corrected chi connectivity index (χ0v) is 17.6. The highest BCUT2D eigenvalue weighted by Gasteiger charge is 2.16. The number of hydrogen-bond acceptors (Lipinski definition) is 3. The maximum atomic E-state index is 12.7. The van der Waals surface area contributed by atoms with Crippen molar-refractivity contribution in [3.63, 3.8) is 0 Å². The quantitative estimate of drug-likeness (QED) is 0.315. The third kappa shape index (κ3) is 6.22. The van der Waals surface area contributed by atoms with Crippen LogP contribution in [0.5, 0.6) is 5.75 Å². The Hall–Kier alpha value is -3.05. The van der Waals surface area contributed by atoms with Gasteiger partial charge >= 0.3 is 0 Å². The first-order valence-corrected chi connectivity index (χ1v) is 11.4. The lowest BCUT2D eigenvalue weighted by atomic mass is 9.94. The van der Waals surface area contributed by atoms with Crippen molar-refractivity contribution in [2.24, 2.45) is 0 Å². The van der Waals surface area contributed by atoms with Crippen LogP contribution in [0.15, 0.2) is 96.4 Å². The minimum atomic E-state index is -3.63. The molecule has 0 bridgehead atoms. The molecule has 1 atom stereocenters. The van der Waals surface area contributed by atoms with E-state index in [-0.39, 0.29) is 10.8 Å². The average Bonchev–Trinajstić information content (AvgIpc) is 2.77. The van der Waals surface area contributed by atoms with E-state index >= 15 is 0 Å². The van der Waals surface area contributed by atoms with E-state index < -0.39 is 10.0 Å². The van der Waals surface area contributed by atoms with E-state index in [4.69, 9.17) is 4.74 Å². The van der Waals surface area contributed by atoms with Gasteiger partial charge in [0.1, 0.15) is 5.75 Å². The molecule has 0 heterocycles. The Balaban J connectivity index is 1.77. The highest BCUT2D eigenvalue weighted by molar-refractivity contribution is 7.92. The third-order valence-corrected chi connectivity index (χ3v) is 6.15.